The standard InChI is InChI=1S/C25H30N4O4/c1-6-11-26-25(31)23-20(14-27-29(23)4)28-24(30)18-9-10-21(32-5)19(13-18)15-33-22-12-16(2)7-8-17(22)3/h7-10,12-14H,6,11,15H2,1-5H3,(H,26,31)(H,28,30). The summed E-state index contributed by atoms with van der Waals surface area (Å²) in [5, 5.41) is 9.72. The minimum Gasteiger partial charge on any atom is -0.496 e. The lowest BCUT2D eigenvalue weighted by molar-refractivity contribution is 0.0945. The molecule has 0 atom stereocenters. The third kappa shape index (κ3) is 5.71. The Morgan fingerprint density at radius 1 is 1.06 bits per heavy atom. The maximum Gasteiger partial charge on any atom is 0.271 e. The summed E-state index contributed by atoms with van der Waals surface area (Å²) in [7, 11) is 3.24. The van der Waals surface area contributed by atoms with Crippen LogP contribution in [-0.2, 0) is 13.7 Å². The molecular formula is C25H30N4O4. The molecule has 0 saturated carbocycles. The van der Waals surface area contributed by atoms with Crippen molar-refractivity contribution >= 4 is 17.5 Å². The first-order valence-corrected chi connectivity index (χ1v) is 10.8. The van der Waals surface area contributed by atoms with Crippen molar-refractivity contribution in [3.63, 3.8) is 0 Å². The topological polar surface area (TPSA) is 94.5 Å². The molecule has 0 fully saturated rings. The van der Waals surface area contributed by atoms with Gasteiger partial charge in [-0.1, -0.05) is 19.1 Å². The number of anilines is 1. The number of benzene rings is 2. The van der Waals surface area contributed by atoms with E-state index in [0.29, 0.717) is 29.2 Å². The lowest BCUT2D eigenvalue weighted by Crippen LogP contribution is -2.27. The van der Waals surface area contributed by atoms with Crippen LogP contribution in [0.1, 0.15) is 50.9 Å². The van der Waals surface area contributed by atoms with Crippen LogP contribution in [0.15, 0.2) is 42.6 Å². The Hall–Kier alpha value is -3.81. The van der Waals surface area contributed by atoms with Crippen LogP contribution in [0.3, 0.4) is 0 Å². The van der Waals surface area contributed by atoms with Gasteiger partial charge in [0, 0.05) is 24.7 Å². The Morgan fingerprint density at radius 3 is 2.58 bits per heavy atom. The molecule has 8 nitrogen and oxygen atoms in total. The Bertz CT molecular complexity index is 1150. The highest BCUT2D eigenvalue weighted by Crippen LogP contribution is 2.25. The zero-order valence-electron chi connectivity index (χ0n) is 19.7. The van der Waals surface area contributed by atoms with Crippen molar-refractivity contribution in [3.8, 4) is 11.5 Å². The minimum absolute atomic E-state index is 0.242. The van der Waals surface area contributed by atoms with E-state index >= 15 is 0 Å². The van der Waals surface area contributed by atoms with Gasteiger partial charge in [-0.25, -0.2) is 0 Å². The summed E-state index contributed by atoms with van der Waals surface area (Å²) in [5.74, 6) is 0.760. The Balaban J connectivity index is 1.79. The minimum atomic E-state index is -0.358. The summed E-state index contributed by atoms with van der Waals surface area (Å²) in [6.45, 7) is 6.74. The highest BCUT2D eigenvalue weighted by molar-refractivity contribution is 6.08. The van der Waals surface area contributed by atoms with Gasteiger partial charge in [-0.15, -0.1) is 0 Å². The van der Waals surface area contributed by atoms with Gasteiger partial charge in [0.1, 0.15) is 23.8 Å². The number of ether oxygens (including phenoxy) is 2. The fourth-order valence-electron chi connectivity index (χ4n) is 3.37. The number of hydrogen-bond donors (Lipinski definition) is 2. The molecule has 2 aromatic carbocycles. The fourth-order valence-corrected chi connectivity index (χ4v) is 3.37. The van der Waals surface area contributed by atoms with Crippen LogP contribution < -0.4 is 20.1 Å². The van der Waals surface area contributed by atoms with E-state index in [-0.39, 0.29) is 18.4 Å². The predicted molar refractivity (Wildman–Crippen MR) is 127 cm³/mol. The number of nitrogens with zero attached hydrogens (tertiary/aromatic N) is 2. The molecule has 0 aliphatic rings. The van der Waals surface area contributed by atoms with Crippen molar-refractivity contribution < 1.29 is 19.1 Å². The van der Waals surface area contributed by atoms with Crippen molar-refractivity contribution in [2.45, 2.75) is 33.8 Å². The Morgan fingerprint density at radius 2 is 1.85 bits per heavy atom. The molecule has 1 aromatic heterocycles. The zero-order valence-corrected chi connectivity index (χ0v) is 19.7. The molecule has 0 saturated heterocycles. The molecule has 0 aliphatic carbocycles. The average molecular weight is 451 g/mol. The molecule has 0 radical (unpaired) electrons. The smallest absolute Gasteiger partial charge is 0.271 e. The lowest BCUT2D eigenvalue weighted by atomic mass is 10.1. The molecule has 33 heavy (non-hydrogen) atoms. The first-order valence-electron chi connectivity index (χ1n) is 10.8. The molecule has 8 heteroatoms. The number of aromatic nitrogens is 2. The van der Waals surface area contributed by atoms with Crippen molar-refractivity contribution in [2.75, 3.05) is 19.0 Å². The van der Waals surface area contributed by atoms with Gasteiger partial charge in [-0.3, -0.25) is 14.3 Å². The monoisotopic (exact) mass is 450 g/mol. The number of amides is 2. The predicted octanol–water partition coefficient (Wildman–Crippen LogP) is 4.02. The highest BCUT2D eigenvalue weighted by Gasteiger charge is 2.19. The zero-order chi connectivity index (χ0) is 24.0. The molecule has 3 aromatic rings. The number of hydrogen-bond acceptors (Lipinski definition) is 5. The van der Waals surface area contributed by atoms with Crippen LogP contribution in [0, 0.1) is 13.8 Å². The van der Waals surface area contributed by atoms with Gasteiger partial charge in [-0.05, 0) is 55.7 Å². The molecule has 0 aliphatic heterocycles. The van der Waals surface area contributed by atoms with E-state index in [9.17, 15) is 9.59 Å². The van der Waals surface area contributed by atoms with Crippen LogP contribution in [0.25, 0.3) is 0 Å². The SMILES string of the molecule is CCCNC(=O)c1c(NC(=O)c2ccc(OC)c(COc3cc(C)ccc3C)c2)cnn1C. The normalized spacial score (nSPS) is 10.6. The molecule has 174 valence electrons. The van der Waals surface area contributed by atoms with Gasteiger partial charge in [-0.2, -0.15) is 5.10 Å². The molecule has 1 heterocycles. The second-order valence-electron chi connectivity index (χ2n) is 7.82. The molecule has 0 bridgehead atoms. The van der Waals surface area contributed by atoms with Crippen LogP contribution in [-0.4, -0.2) is 35.2 Å². The lowest BCUT2D eigenvalue weighted by Gasteiger charge is -2.14. The van der Waals surface area contributed by atoms with Crippen molar-refractivity contribution in [3.05, 3.63) is 70.5 Å². The molecule has 3 rings (SSSR count). The van der Waals surface area contributed by atoms with E-state index in [2.05, 4.69) is 15.7 Å². The number of carbonyl (C=O) groups excluding carboxylic acids is 2. The number of aryl methyl sites for hydroxylation is 3. The summed E-state index contributed by atoms with van der Waals surface area (Å²) in [6.07, 6.45) is 2.27. The van der Waals surface area contributed by atoms with Gasteiger partial charge in [0.15, 0.2) is 0 Å². The number of methoxy groups -OCH3 is 1. The van der Waals surface area contributed by atoms with Crippen LogP contribution in [0.4, 0.5) is 5.69 Å². The number of rotatable bonds is 9. The first-order chi connectivity index (χ1) is 15.8. The van der Waals surface area contributed by atoms with Crippen molar-refractivity contribution in [1.29, 1.82) is 0 Å². The summed E-state index contributed by atoms with van der Waals surface area (Å²) in [5.41, 5.74) is 3.92. The average Bonchev–Trinajstić information content (AvgIpc) is 3.17. The van der Waals surface area contributed by atoms with E-state index in [1.54, 1.807) is 32.4 Å². The molecule has 0 unspecified atom stereocenters. The maximum absolute atomic E-state index is 13.0. The Kier molecular flexibility index (Phi) is 7.71. The maximum atomic E-state index is 13.0. The second-order valence-corrected chi connectivity index (χ2v) is 7.82. The number of nitrogens with one attached hydrogen (secondary N) is 2. The van der Waals surface area contributed by atoms with Gasteiger partial charge < -0.3 is 20.1 Å². The van der Waals surface area contributed by atoms with Crippen LogP contribution in [0.5, 0.6) is 11.5 Å². The van der Waals surface area contributed by atoms with Gasteiger partial charge in [0.2, 0.25) is 0 Å². The molecular weight excluding hydrogens is 420 g/mol. The van der Waals surface area contributed by atoms with E-state index in [1.807, 2.05) is 39.0 Å². The van der Waals surface area contributed by atoms with E-state index in [4.69, 9.17) is 9.47 Å². The third-order valence-electron chi connectivity index (χ3n) is 5.21. The second kappa shape index (κ2) is 10.7. The fraction of sp³-hybridized carbons (Fsp3) is 0.320. The van der Waals surface area contributed by atoms with Gasteiger partial charge >= 0.3 is 0 Å². The van der Waals surface area contributed by atoms with Gasteiger partial charge in [0.05, 0.1) is 19.0 Å². The van der Waals surface area contributed by atoms with Crippen molar-refractivity contribution in [1.82, 2.24) is 15.1 Å². The Labute approximate surface area is 193 Å². The summed E-state index contributed by atoms with van der Waals surface area (Å²) >= 11 is 0. The molecule has 0 spiro atoms. The largest absolute Gasteiger partial charge is 0.496 e. The summed E-state index contributed by atoms with van der Waals surface area (Å²) < 4.78 is 12.9. The highest BCUT2D eigenvalue weighted by atomic mass is 16.5. The van der Waals surface area contributed by atoms with E-state index < -0.39 is 0 Å². The summed E-state index contributed by atoms with van der Waals surface area (Å²) in [6, 6.07) is 11.1. The molecule has 2 N–H and O–H groups in total. The van der Waals surface area contributed by atoms with E-state index in [1.165, 1.54) is 10.9 Å². The molecule has 2 amide bonds. The number of carbonyl (C=O) groups is 2. The van der Waals surface area contributed by atoms with E-state index in [0.717, 1.165) is 28.9 Å². The quantitative estimate of drug-likeness (QED) is 0.514. The van der Waals surface area contributed by atoms with Gasteiger partial charge in [0.25, 0.3) is 11.8 Å². The van der Waals surface area contributed by atoms with Crippen LogP contribution >= 0.6 is 0 Å². The van der Waals surface area contributed by atoms with Crippen LogP contribution in [0.2, 0.25) is 0 Å². The van der Waals surface area contributed by atoms with Crippen molar-refractivity contribution in [2.24, 2.45) is 7.05 Å². The summed E-state index contributed by atoms with van der Waals surface area (Å²) in [4.78, 5) is 25.5. The third-order valence-corrected chi connectivity index (χ3v) is 5.21. The first kappa shape index (κ1) is 23.8.